The van der Waals surface area contributed by atoms with Crippen molar-refractivity contribution in [3.05, 3.63) is 70.2 Å². The summed E-state index contributed by atoms with van der Waals surface area (Å²) in [5.74, 6) is -0.593. The monoisotopic (exact) mass is 462 g/mol. The number of nitrogens with one attached hydrogen (secondary N) is 1. The van der Waals surface area contributed by atoms with E-state index in [0.717, 1.165) is 41.3 Å². The van der Waals surface area contributed by atoms with E-state index in [1.54, 1.807) is 4.90 Å². The van der Waals surface area contributed by atoms with E-state index in [4.69, 9.17) is 11.6 Å². The topological polar surface area (TPSA) is 49.4 Å². The van der Waals surface area contributed by atoms with E-state index in [1.807, 2.05) is 54.6 Å². The fourth-order valence-electron chi connectivity index (χ4n) is 3.68. The normalized spacial score (nSPS) is 15.2. The molecule has 2 aromatic rings. The van der Waals surface area contributed by atoms with Crippen LogP contribution < -0.4 is 5.32 Å². The average Bonchev–Trinajstić information content (AvgIpc) is 3.20. The van der Waals surface area contributed by atoms with Crippen molar-refractivity contribution in [1.29, 1.82) is 0 Å². The van der Waals surface area contributed by atoms with Crippen molar-refractivity contribution >= 4 is 39.3 Å². The molecule has 2 aromatic carbocycles. The van der Waals surface area contributed by atoms with E-state index in [0.29, 0.717) is 6.54 Å². The summed E-state index contributed by atoms with van der Waals surface area (Å²) in [6, 6.07) is 16.6. The SMILES string of the molecule is O=C(NC1CCCC1)[C@@H](c1cccc(Br)c1)N(Cc1ccccc1)C(=O)CCl. The number of hydrogen-bond donors (Lipinski definition) is 1. The molecule has 0 aliphatic heterocycles. The summed E-state index contributed by atoms with van der Waals surface area (Å²) >= 11 is 9.40. The summed E-state index contributed by atoms with van der Waals surface area (Å²) < 4.78 is 0.863. The van der Waals surface area contributed by atoms with Crippen LogP contribution >= 0.6 is 27.5 Å². The highest BCUT2D eigenvalue weighted by Gasteiger charge is 2.33. The third kappa shape index (κ3) is 5.36. The number of rotatable bonds is 7. The summed E-state index contributed by atoms with van der Waals surface area (Å²) in [6.07, 6.45) is 4.22. The molecule has 1 fully saturated rings. The van der Waals surface area contributed by atoms with E-state index in [2.05, 4.69) is 21.2 Å². The van der Waals surface area contributed by atoms with Gasteiger partial charge in [-0.15, -0.1) is 11.6 Å². The van der Waals surface area contributed by atoms with Gasteiger partial charge in [-0.2, -0.15) is 0 Å². The molecule has 1 aliphatic carbocycles. The number of alkyl halides is 1. The van der Waals surface area contributed by atoms with Gasteiger partial charge in [0.2, 0.25) is 11.8 Å². The Morgan fingerprint density at radius 3 is 2.46 bits per heavy atom. The number of carbonyl (C=O) groups is 2. The minimum atomic E-state index is -0.732. The van der Waals surface area contributed by atoms with Gasteiger partial charge < -0.3 is 10.2 Å². The maximum atomic E-state index is 13.3. The zero-order valence-corrected chi connectivity index (χ0v) is 18.0. The second-order valence-electron chi connectivity index (χ2n) is 7.09. The van der Waals surface area contributed by atoms with Crippen LogP contribution in [0.3, 0.4) is 0 Å². The highest BCUT2D eigenvalue weighted by Crippen LogP contribution is 2.28. The van der Waals surface area contributed by atoms with Crippen molar-refractivity contribution in [3.8, 4) is 0 Å². The van der Waals surface area contributed by atoms with Crippen molar-refractivity contribution in [2.75, 3.05) is 5.88 Å². The summed E-state index contributed by atoms with van der Waals surface area (Å²) in [5, 5.41) is 3.15. The molecule has 148 valence electrons. The molecule has 1 atom stereocenters. The van der Waals surface area contributed by atoms with Crippen molar-refractivity contribution in [2.24, 2.45) is 0 Å². The Morgan fingerprint density at radius 1 is 1.11 bits per heavy atom. The van der Waals surface area contributed by atoms with E-state index in [-0.39, 0.29) is 23.7 Å². The number of benzene rings is 2. The Morgan fingerprint density at radius 2 is 1.82 bits per heavy atom. The first-order valence-electron chi connectivity index (χ1n) is 9.53. The van der Waals surface area contributed by atoms with Crippen molar-refractivity contribution < 1.29 is 9.59 Å². The Balaban J connectivity index is 1.95. The second-order valence-corrected chi connectivity index (χ2v) is 8.27. The van der Waals surface area contributed by atoms with Crippen LogP contribution in [0.1, 0.15) is 42.9 Å². The Kier molecular flexibility index (Phi) is 7.51. The van der Waals surface area contributed by atoms with Gasteiger partial charge >= 0.3 is 0 Å². The molecule has 0 spiro atoms. The molecule has 28 heavy (non-hydrogen) atoms. The number of nitrogens with zero attached hydrogens (tertiary/aromatic N) is 1. The van der Waals surface area contributed by atoms with E-state index >= 15 is 0 Å². The predicted octanol–water partition coefficient (Wildman–Crippen LogP) is 4.82. The Hall–Kier alpha value is -1.85. The molecule has 1 saturated carbocycles. The largest absolute Gasteiger partial charge is 0.351 e. The van der Waals surface area contributed by atoms with Crippen LogP contribution in [0.15, 0.2) is 59.1 Å². The van der Waals surface area contributed by atoms with E-state index in [9.17, 15) is 9.59 Å². The Bertz CT molecular complexity index is 809. The molecule has 4 nitrogen and oxygen atoms in total. The predicted molar refractivity (Wildman–Crippen MR) is 115 cm³/mol. The van der Waals surface area contributed by atoms with Gasteiger partial charge in [-0.1, -0.05) is 71.2 Å². The van der Waals surface area contributed by atoms with Gasteiger partial charge in [0.15, 0.2) is 0 Å². The molecule has 1 N–H and O–H groups in total. The van der Waals surface area contributed by atoms with Gasteiger partial charge in [0.1, 0.15) is 11.9 Å². The quantitative estimate of drug-likeness (QED) is 0.599. The van der Waals surface area contributed by atoms with Gasteiger partial charge in [0.05, 0.1) is 0 Å². The lowest BCUT2D eigenvalue weighted by Gasteiger charge is -2.32. The van der Waals surface area contributed by atoms with Crippen LogP contribution in [0.2, 0.25) is 0 Å². The summed E-state index contributed by atoms with van der Waals surface area (Å²) in [6.45, 7) is 0.321. The molecule has 0 radical (unpaired) electrons. The molecule has 1 aliphatic rings. The van der Waals surface area contributed by atoms with Crippen molar-refractivity contribution in [2.45, 2.75) is 44.3 Å². The van der Waals surface area contributed by atoms with E-state index in [1.165, 1.54) is 0 Å². The number of carbonyl (C=O) groups excluding carboxylic acids is 2. The average molecular weight is 464 g/mol. The standard InChI is InChI=1S/C22H24BrClN2O2/c23-18-10-6-9-17(13-18)21(22(28)25-19-11-4-5-12-19)26(20(27)14-24)15-16-7-2-1-3-8-16/h1-3,6-10,13,19,21H,4-5,11-12,14-15H2,(H,25,28)/t21-/m1/s1. The summed E-state index contributed by atoms with van der Waals surface area (Å²) in [4.78, 5) is 27.6. The first-order valence-corrected chi connectivity index (χ1v) is 10.9. The van der Waals surface area contributed by atoms with Gasteiger partial charge in [-0.05, 0) is 36.1 Å². The molecule has 0 unspecified atom stereocenters. The van der Waals surface area contributed by atoms with Crippen LogP contribution in [0.4, 0.5) is 0 Å². The van der Waals surface area contributed by atoms with Gasteiger partial charge in [0.25, 0.3) is 0 Å². The van der Waals surface area contributed by atoms with Gasteiger partial charge in [-0.3, -0.25) is 9.59 Å². The molecular weight excluding hydrogens is 440 g/mol. The van der Waals surface area contributed by atoms with Gasteiger partial charge in [-0.25, -0.2) is 0 Å². The maximum Gasteiger partial charge on any atom is 0.247 e. The molecule has 6 heteroatoms. The number of hydrogen-bond acceptors (Lipinski definition) is 2. The second kappa shape index (κ2) is 10.1. The molecule has 0 saturated heterocycles. The zero-order chi connectivity index (χ0) is 19.9. The highest BCUT2D eigenvalue weighted by atomic mass is 79.9. The Labute approximate surface area is 179 Å². The summed E-state index contributed by atoms with van der Waals surface area (Å²) in [5.41, 5.74) is 1.72. The number of amides is 2. The van der Waals surface area contributed by atoms with Crippen LogP contribution in [-0.4, -0.2) is 28.6 Å². The van der Waals surface area contributed by atoms with Crippen LogP contribution in [0.25, 0.3) is 0 Å². The first kappa shape index (κ1) is 20.9. The fraction of sp³-hybridized carbons (Fsp3) is 0.364. The molecule has 0 bridgehead atoms. The van der Waals surface area contributed by atoms with E-state index < -0.39 is 6.04 Å². The first-order chi connectivity index (χ1) is 13.6. The molecule has 2 amide bonds. The number of halogens is 2. The maximum absolute atomic E-state index is 13.3. The fourth-order valence-corrected chi connectivity index (χ4v) is 4.25. The molecule has 0 aromatic heterocycles. The minimum absolute atomic E-state index is 0.153. The molecule has 3 rings (SSSR count). The van der Waals surface area contributed by atoms with Crippen molar-refractivity contribution in [3.63, 3.8) is 0 Å². The third-order valence-corrected chi connectivity index (χ3v) is 5.78. The highest BCUT2D eigenvalue weighted by molar-refractivity contribution is 9.10. The lowest BCUT2D eigenvalue weighted by atomic mass is 10.0. The molecular formula is C22H24BrClN2O2. The van der Waals surface area contributed by atoms with Gasteiger partial charge in [0, 0.05) is 17.1 Å². The lowest BCUT2D eigenvalue weighted by Crippen LogP contribution is -2.46. The smallest absolute Gasteiger partial charge is 0.247 e. The van der Waals surface area contributed by atoms with Crippen LogP contribution in [0, 0.1) is 0 Å². The molecule has 0 heterocycles. The van der Waals surface area contributed by atoms with Crippen LogP contribution in [-0.2, 0) is 16.1 Å². The van der Waals surface area contributed by atoms with Crippen LogP contribution in [0.5, 0.6) is 0 Å². The summed E-state index contributed by atoms with van der Waals surface area (Å²) in [7, 11) is 0. The minimum Gasteiger partial charge on any atom is -0.351 e. The third-order valence-electron chi connectivity index (χ3n) is 5.06. The zero-order valence-electron chi connectivity index (χ0n) is 15.6. The lowest BCUT2D eigenvalue weighted by molar-refractivity contribution is -0.140. The van der Waals surface area contributed by atoms with Crippen molar-refractivity contribution in [1.82, 2.24) is 10.2 Å².